The van der Waals surface area contributed by atoms with Gasteiger partial charge < -0.3 is 19.5 Å². The number of Topliss-reactive ketones (excluding diaryl/α,β-unsaturated/α-hetero) is 1. The molecule has 6 nitrogen and oxygen atoms in total. The molecule has 2 heterocycles. The molecule has 1 amide bonds. The van der Waals surface area contributed by atoms with E-state index in [1.54, 1.807) is 29.2 Å². The number of carbonyl (C=O) groups is 2. The molecule has 0 saturated heterocycles. The number of fused-ring (bicyclic) bond motifs is 1. The van der Waals surface area contributed by atoms with Crippen LogP contribution in [0.5, 0.6) is 5.75 Å². The van der Waals surface area contributed by atoms with Crippen LogP contribution in [0, 0.1) is 0 Å². The van der Waals surface area contributed by atoms with Crippen molar-refractivity contribution in [3.05, 3.63) is 77.3 Å². The summed E-state index contributed by atoms with van der Waals surface area (Å²) < 4.78 is 5.75. The van der Waals surface area contributed by atoms with Gasteiger partial charge in [0.15, 0.2) is 11.5 Å². The molecule has 1 unspecified atom stereocenters. The Labute approximate surface area is 179 Å². The van der Waals surface area contributed by atoms with Crippen LogP contribution in [-0.2, 0) is 4.79 Å². The highest BCUT2D eigenvalue weighted by Gasteiger charge is 2.47. The van der Waals surface area contributed by atoms with Gasteiger partial charge in [0.1, 0.15) is 11.3 Å². The third-order valence-electron chi connectivity index (χ3n) is 6.31. The Kier molecular flexibility index (Phi) is 4.77. The van der Waals surface area contributed by atoms with Gasteiger partial charge in [-0.2, -0.15) is 0 Å². The van der Waals surface area contributed by atoms with E-state index < -0.39 is 23.5 Å². The number of phenols is 1. The van der Waals surface area contributed by atoms with Crippen molar-refractivity contribution in [3.63, 3.8) is 0 Å². The number of hydrogen-bond donors (Lipinski definition) is 2. The summed E-state index contributed by atoms with van der Waals surface area (Å²) in [5, 5.41) is 21.3. The van der Waals surface area contributed by atoms with Gasteiger partial charge in [0.2, 0.25) is 5.78 Å². The molecule has 1 saturated carbocycles. The lowest BCUT2D eigenvalue weighted by Gasteiger charge is -2.36. The van der Waals surface area contributed by atoms with Crippen LogP contribution in [0.2, 0.25) is 0 Å². The van der Waals surface area contributed by atoms with Crippen molar-refractivity contribution in [2.75, 3.05) is 0 Å². The van der Waals surface area contributed by atoms with Gasteiger partial charge in [0, 0.05) is 11.4 Å². The maximum Gasteiger partial charge on any atom is 0.290 e. The number of rotatable bonds is 4. The molecule has 6 heteroatoms. The Morgan fingerprint density at radius 2 is 1.68 bits per heavy atom. The Morgan fingerprint density at radius 1 is 0.968 bits per heavy atom. The third-order valence-corrected chi connectivity index (χ3v) is 6.31. The van der Waals surface area contributed by atoms with E-state index in [1.807, 2.05) is 18.2 Å². The molecule has 2 aromatic carbocycles. The van der Waals surface area contributed by atoms with Gasteiger partial charge in [-0.25, -0.2) is 0 Å². The van der Waals surface area contributed by atoms with Gasteiger partial charge in [-0.05, 0) is 42.7 Å². The highest BCUT2D eigenvalue weighted by atomic mass is 16.3. The molecule has 158 valence electrons. The molecule has 2 aliphatic rings. The smallest absolute Gasteiger partial charge is 0.290 e. The lowest BCUT2D eigenvalue weighted by atomic mass is 9.90. The van der Waals surface area contributed by atoms with E-state index >= 15 is 0 Å². The average molecular weight is 417 g/mol. The van der Waals surface area contributed by atoms with Gasteiger partial charge in [-0.1, -0.05) is 49.6 Å². The van der Waals surface area contributed by atoms with Crippen LogP contribution in [0.1, 0.15) is 54.3 Å². The van der Waals surface area contributed by atoms with Crippen LogP contribution in [-0.4, -0.2) is 32.8 Å². The van der Waals surface area contributed by atoms with Gasteiger partial charge in [0.25, 0.3) is 5.91 Å². The maximum absolute atomic E-state index is 13.5. The number of ketones is 1. The predicted molar refractivity (Wildman–Crippen MR) is 115 cm³/mol. The van der Waals surface area contributed by atoms with E-state index in [0.717, 1.165) is 37.5 Å². The fraction of sp³-hybridized carbons (Fsp3) is 0.280. The quantitative estimate of drug-likeness (QED) is 0.580. The number of carbonyl (C=O) groups excluding carboxylic acids is 2. The van der Waals surface area contributed by atoms with Gasteiger partial charge in [-0.15, -0.1) is 0 Å². The summed E-state index contributed by atoms with van der Waals surface area (Å²) >= 11 is 0. The summed E-state index contributed by atoms with van der Waals surface area (Å²) in [6.45, 7) is 0. The molecule has 5 rings (SSSR count). The second-order valence-electron chi connectivity index (χ2n) is 8.24. The molecule has 3 aromatic rings. The van der Waals surface area contributed by atoms with E-state index in [-0.39, 0.29) is 23.1 Å². The van der Waals surface area contributed by atoms with Crippen molar-refractivity contribution in [2.24, 2.45) is 0 Å². The zero-order chi connectivity index (χ0) is 21.5. The van der Waals surface area contributed by atoms with Gasteiger partial charge in [-0.3, -0.25) is 9.59 Å². The number of aromatic hydroxyl groups is 1. The first kappa shape index (κ1) is 19.4. The van der Waals surface area contributed by atoms with Crippen molar-refractivity contribution < 1.29 is 24.2 Å². The van der Waals surface area contributed by atoms with Crippen LogP contribution >= 0.6 is 0 Å². The van der Waals surface area contributed by atoms with Crippen LogP contribution in [0.4, 0.5) is 0 Å². The minimum atomic E-state index is -0.725. The monoisotopic (exact) mass is 417 g/mol. The molecule has 1 atom stereocenters. The number of aliphatic hydroxyl groups is 1. The van der Waals surface area contributed by atoms with Crippen LogP contribution in [0.25, 0.3) is 11.0 Å². The first-order valence-electron chi connectivity index (χ1n) is 10.6. The Bertz CT molecular complexity index is 1150. The van der Waals surface area contributed by atoms with Crippen LogP contribution < -0.4 is 0 Å². The third kappa shape index (κ3) is 3.28. The lowest BCUT2D eigenvalue weighted by molar-refractivity contribution is -0.132. The summed E-state index contributed by atoms with van der Waals surface area (Å²) in [5.41, 5.74) is 1.26. The largest absolute Gasteiger partial charge is 0.508 e. The van der Waals surface area contributed by atoms with Crippen LogP contribution in [0.15, 0.2) is 70.3 Å². The second kappa shape index (κ2) is 7.61. The number of para-hydroxylation sites is 1. The summed E-state index contributed by atoms with van der Waals surface area (Å²) in [4.78, 5) is 28.3. The van der Waals surface area contributed by atoms with E-state index in [2.05, 4.69) is 0 Å². The first-order chi connectivity index (χ1) is 15.0. The lowest BCUT2D eigenvalue weighted by Crippen LogP contribution is -2.41. The molecular formula is C25H23NO5. The number of amides is 1. The fourth-order valence-electron chi connectivity index (χ4n) is 4.80. The molecule has 31 heavy (non-hydrogen) atoms. The normalized spacial score (nSPS) is 20.1. The number of nitrogens with zero attached hydrogens (tertiary/aromatic N) is 1. The predicted octanol–water partition coefficient (Wildman–Crippen LogP) is 5.05. The second-order valence-corrected chi connectivity index (χ2v) is 8.24. The van der Waals surface area contributed by atoms with Gasteiger partial charge in [0.05, 0.1) is 11.6 Å². The standard InChI is InChI=1S/C25H23NO5/c27-18-12-10-15(11-13-18)22-21(23(28)20-14-16-6-4-5-9-19(16)31-20)24(29)25(30)26(22)17-7-2-1-3-8-17/h4-6,9-14,17,22,27,29H,1-3,7-8H2. The molecule has 1 aliphatic heterocycles. The topological polar surface area (TPSA) is 91.0 Å². The molecule has 0 spiro atoms. The molecule has 0 radical (unpaired) electrons. The van der Waals surface area contributed by atoms with Crippen molar-refractivity contribution in [1.82, 2.24) is 4.90 Å². The summed E-state index contributed by atoms with van der Waals surface area (Å²) in [5.74, 6) is -1.36. The Hall–Kier alpha value is -3.54. The Morgan fingerprint density at radius 3 is 2.39 bits per heavy atom. The summed E-state index contributed by atoms with van der Waals surface area (Å²) in [6, 6.07) is 14.6. The van der Waals surface area contributed by atoms with E-state index in [4.69, 9.17) is 4.42 Å². The summed E-state index contributed by atoms with van der Waals surface area (Å²) in [6.07, 6.45) is 4.79. The molecule has 0 bridgehead atoms. The molecular weight excluding hydrogens is 394 g/mol. The zero-order valence-electron chi connectivity index (χ0n) is 17.0. The number of furan rings is 1. The average Bonchev–Trinajstić information content (AvgIpc) is 3.34. The SMILES string of the molecule is O=C(C1=C(O)C(=O)N(C2CCCCC2)C1c1ccc(O)cc1)c1cc2ccccc2o1. The molecule has 1 aromatic heterocycles. The fourth-order valence-corrected chi connectivity index (χ4v) is 4.80. The highest BCUT2D eigenvalue weighted by Crippen LogP contribution is 2.43. The number of benzene rings is 2. The number of phenolic OH excluding ortho intramolecular Hbond substituents is 1. The van der Waals surface area contributed by atoms with E-state index in [9.17, 15) is 19.8 Å². The van der Waals surface area contributed by atoms with Crippen molar-refractivity contribution in [2.45, 2.75) is 44.2 Å². The number of aliphatic hydroxyl groups excluding tert-OH is 1. The van der Waals surface area contributed by atoms with Crippen LogP contribution in [0.3, 0.4) is 0 Å². The van der Waals surface area contributed by atoms with Crippen molar-refractivity contribution >= 4 is 22.7 Å². The van der Waals surface area contributed by atoms with Crippen molar-refractivity contribution in [3.8, 4) is 5.75 Å². The van der Waals surface area contributed by atoms with E-state index in [1.165, 1.54) is 12.1 Å². The zero-order valence-corrected chi connectivity index (χ0v) is 17.0. The highest BCUT2D eigenvalue weighted by molar-refractivity contribution is 6.16. The molecule has 1 aliphatic carbocycles. The van der Waals surface area contributed by atoms with E-state index in [0.29, 0.717) is 11.1 Å². The first-order valence-corrected chi connectivity index (χ1v) is 10.6. The minimum Gasteiger partial charge on any atom is -0.508 e. The number of hydrogen-bond acceptors (Lipinski definition) is 5. The Balaban J connectivity index is 1.61. The molecule has 2 N–H and O–H groups in total. The van der Waals surface area contributed by atoms with Crippen molar-refractivity contribution in [1.29, 1.82) is 0 Å². The van der Waals surface area contributed by atoms with Gasteiger partial charge >= 0.3 is 0 Å². The molecule has 1 fully saturated rings. The maximum atomic E-state index is 13.5. The minimum absolute atomic E-state index is 0.0281. The summed E-state index contributed by atoms with van der Waals surface area (Å²) in [7, 11) is 0.